The number of thioether (sulfide) groups is 1. The van der Waals surface area contributed by atoms with E-state index in [0.717, 1.165) is 29.6 Å². The van der Waals surface area contributed by atoms with E-state index in [2.05, 4.69) is 29.0 Å². The first kappa shape index (κ1) is 12.3. The zero-order valence-corrected chi connectivity index (χ0v) is 10.3. The Hall–Kier alpha value is -0.810. The van der Waals surface area contributed by atoms with E-state index in [1.807, 2.05) is 6.92 Å². The second-order valence-corrected chi connectivity index (χ2v) is 4.78. The summed E-state index contributed by atoms with van der Waals surface area (Å²) in [4.78, 5) is 10.6. The Balaban J connectivity index is 2.37. The Bertz CT molecular complexity index is 294. The van der Waals surface area contributed by atoms with Gasteiger partial charge in [-0.05, 0) is 34.0 Å². The summed E-state index contributed by atoms with van der Waals surface area (Å²) >= 11 is 1.66. The molecule has 0 spiro atoms. The maximum atomic E-state index is 5.64. The molecule has 0 unspecified atom stereocenters. The Kier molecular flexibility index (Phi) is 4.84. The molecular weight excluding hydrogens is 208 g/mol. The highest BCUT2D eigenvalue weighted by molar-refractivity contribution is 7.99. The minimum absolute atomic E-state index is 0.553. The largest absolute Gasteiger partial charge is 0.384 e. The van der Waals surface area contributed by atoms with Gasteiger partial charge in [-0.3, -0.25) is 0 Å². The van der Waals surface area contributed by atoms with E-state index in [4.69, 9.17) is 5.73 Å². The molecule has 0 saturated carbocycles. The van der Waals surface area contributed by atoms with E-state index >= 15 is 0 Å². The quantitative estimate of drug-likeness (QED) is 0.467. The molecule has 4 nitrogen and oxygen atoms in total. The highest BCUT2D eigenvalue weighted by Gasteiger charge is 2.00. The molecule has 15 heavy (non-hydrogen) atoms. The van der Waals surface area contributed by atoms with E-state index in [-0.39, 0.29) is 0 Å². The van der Waals surface area contributed by atoms with Gasteiger partial charge < -0.3 is 10.6 Å². The highest BCUT2D eigenvalue weighted by atomic mass is 32.2. The van der Waals surface area contributed by atoms with Crippen molar-refractivity contribution in [2.75, 3.05) is 32.1 Å². The summed E-state index contributed by atoms with van der Waals surface area (Å²) in [6.45, 7) is 3.02. The van der Waals surface area contributed by atoms with E-state index in [1.165, 1.54) is 0 Å². The first-order chi connectivity index (χ1) is 7.08. The third kappa shape index (κ3) is 4.99. The lowest BCUT2D eigenvalue weighted by molar-refractivity contribution is 0.410. The van der Waals surface area contributed by atoms with Crippen LogP contribution in [0.15, 0.2) is 11.2 Å². The van der Waals surface area contributed by atoms with E-state index in [9.17, 15) is 0 Å². The van der Waals surface area contributed by atoms with E-state index < -0.39 is 0 Å². The van der Waals surface area contributed by atoms with Crippen molar-refractivity contribution in [2.24, 2.45) is 0 Å². The van der Waals surface area contributed by atoms with Gasteiger partial charge in [-0.1, -0.05) is 11.8 Å². The van der Waals surface area contributed by atoms with Crippen LogP contribution in [0.4, 0.5) is 5.82 Å². The number of anilines is 1. The van der Waals surface area contributed by atoms with Crippen molar-refractivity contribution in [2.45, 2.75) is 18.5 Å². The predicted octanol–water partition coefficient (Wildman–Crippen LogP) is 1.41. The van der Waals surface area contributed by atoms with Gasteiger partial charge in [0.15, 0.2) is 5.16 Å². The molecule has 5 heteroatoms. The lowest BCUT2D eigenvalue weighted by Crippen LogP contribution is -2.13. The van der Waals surface area contributed by atoms with Crippen LogP contribution >= 0.6 is 11.8 Å². The molecule has 0 radical (unpaired) electrons. The topological polar surface area (TPSA) is 55.0 Å². The van der Waals surface area contributed by atoms with Crippen molar-refractivity contribution in [3.8, 4) is 0 Å². The molecule has 0 bridgehead atoms. The van der Waals surface area contributed by atoms with Gasteiger partial charge in [0, 0.05) is 17.5 Å². The third-order valence-electron chi connectivity index (χ3n) is 1.83. The summed E-state index contributed by atoms with van der Waals surface area (Å²) in [5.74, 6) is 1.58. The number of nitrogen functional groups attached to an aromatic ring is 1. The maximum absolute atomic E-state index is 5.64. The van der Waals surface area contributed by atoms with Gasteiger partial charge in [-0.15, -0.1) is 0 Å². The highest BCUT2D eigenvalue weighted by Crippen LogP contribution is 2.15. The smallest absolute Gasteiger partial charge is 0.189 e. The van der Waals surface area contributed by atoms with Crippen LogP contribution in [0, 0.1) is 6.92 Å². The van der Waals surface area contributed by atoms with E-state index in [1.54, 1.807) is 17.8 Å². The predicted molar refractivity (Wildman–Crippen MR) is 65.1 cm³/mol. The molecule has 1 rings (SSSR count). The maximum Gasteiger partial charge on any atom is 0.189 e. The lowest BCUT2D eigenvalue weighted by atomic mass is 10.4. The van der Waals surface area contributed by atoms with Crippen molar-refractivity contribution in [3.63, 3.8) is 0 Å². The third-order valence-corrected chi connectivity index (χ3v) is 2.77. The summed E-state index contributed by atoms with van der Waals surface area (Å²) < 4.78 is 0. The van der Waals surface area contributed by atoms with E-state index in [0.29, 0.717) is 5.82 Å². The minimum atomic E-state index is 0.553. The van der Waals surface area contributed by atoms with Gasteiger partial charge in [0.25, 0.3) is 0 Å². The van der Waals surface area contributed by atoms with Gasteiger partial charge in [0.05, 0.1) is 0 Å². The summed E-state index contributed by atoms with van der Waals surface area (Å²) in [6, 6.07) is 1.78. The van der Waals surface area contributed by atoms with Crippen LogP contribution in [0.25, 0.3) is 0 Å². The molecule has 0 aliphatic carbocycles. The van der Waals surface area contributed by atoms with Crippen LogP contribution in [0.3, 0.4) is 0 Å². The molecule has 1 aromatic heterocycles. The van der Waals surface area contributed by atoms with Crippen molar-refractivity contribution in [1.82, 2.24) is 14.9 Å². The average molecular weight is 226 g/mol. The molecule has 0 atom stereocenters. The van der Waals surface area contributed by atoms with Gasteiger partial charge in [0.1, 0.15) is 5.82 Å². The molecule has 1 heterocycles. The van der Waals surface area contributed by atoms with Crippen LogP contribution in [-0.4, -0.2) is 41.3 Å². The number of nitrogens with zero attached hydrogens (tertiary/aromatic N) is 3. The Labute approximate surface area is 95.3 Å². The fourth-order valence-corrected chi connectivity index (χ4v) is 2.01. The normalized spacial score (nSPS) is 10.9. The van der Waals surface area contributed by atoms with Gasteiger partial charge in [0.2, 0.25) is 0 Å². The summed E-state index contributed by atoms with van der Waals surface area (Å²) in [6.07, 6.45) is 1.13. The monoisotopic (exact) mass is 226 g/mol. The van der Waals surface area contributed by atoms with Gasteiger partial charge in [-0.2, -0.15) is 0 Å². The SMILES string of the molecule is Cc1cc(N)nc(SCCCN(C)C)n1. The van der Waals surface area contributed by atoms with Crippen molar-refractivity contribution in [3.05, 3.63) is 11.8 Å². The van der Waals surface area contributed by atoms with Crippen LogP contribution in [0.2, 0.25) is 0 Å². The van der Waals surface area contributed by atoms with Crippen molar-refractivity contribution in [1.29, 1.82) is 0 Å². The van der Waals surface area contributed by atoms with Crippen LogP contribution < -0.4 is 5.73 Å². The van der Waals surface area contributed by atoms with Crippen molar-refractivity contribution >= 4 is 17.6 Å². The number of hydrogen-bond acceptors (Lipinski definition) is 5. The van der Waals surface area contributed by atoms with Gasteiger partial charge >= 0.3 is 0 Å². The average Bonchev–Trinajstić information content (AvgIpc) is 2.10. The molecule has 0 aliphatic rings. The second kappa shape index (κ2) is 5.92. The zero-order valence-electron chi connectivity index (χ0n) is 9.53. The zero-order chi connectivity index (χ0) is 11.3. The number of rotatable bonds is 5. The Morgan fingerprint density at radius 1 is 1.40 bits per heavy atom. The molecule has 84 valence electrons. The number of hydrogen-bond donors (Lipinski definition) is 1. The van der Waals surface area contributed by atoms with Crippen molar-refractivity contribution < 1.29 is 0 Å². The van der Waals surface area contributed by atoms with Gasteiger partial charge in [-0.25, -0.2) is 9.97 Å². The number of aryl methyl sites for hydroxylation is 1. The first-order valence-electron chi connectivity index (χ1n) is 4.96. The summed E-state index contributed by atoms with van der Waals surface area (Å²) in [5, 5.41) is 0.784. The Morgan fingerprint density at radius 2 is 2.13 bits per heavy atom. The summed E-state index contributed by atoms with van der Waals surface area (Å²) in [7, 11) is 4.15. The fraction of sp³-hybridized carbons (Fsp3) is 0.600. The molecule has 0 aliphatic heterocycles. The first-order valence-corrected chi connectivity index (χ1v) is 5.95. The summed E-state index contributed by atoms with van der Waals surface area (Å²) in [5.41, 5.74) is 6.57. The number of nitrogens with two attached hydrogens (primary N) is 1. The molecular formula is C10H18N4S. The minimum Gasteiger partial charge on any atom is -0.384 e. The van der Waals surface area contributed by atoms with Crippen LogP contribution in [0.1, 0.15) is 12.1 Å². The number of aromatic nitrogens is 2. The second-order valence-electron chi connectivity index (χ2n) is 3.72. The lowest BCUT2D eigenvalue weighted by Gasteiger charge is -2.08. The molecule has 0 fully saturated rings. The molecule has 0 saturated heterocycles. The molecule has 0 amide bonds. The molecule has 2 N–H and O–H groups in total. The fourth-order valence-electron chi connectivity index (χ4n) is 1.17. The van der Waals surface area contributed by atoms with Crippen LogP contribution in [-0.2, 0) is 0 Å². The standard InChI is InChI=1S/C10H18N4S/c1-8-7-9(11)13-10(12-8)15-6-4-5-14(2)3/h7H,4-6H2,1-3H3,(H2,11,12,13). The van der Waals surface area contributed by atoms with Crippen LogP contribution in [0.5, 0.6) is 0 Å². The Morgan fingerprint density at radius 3 is 2.73 bits per heavy atom. The molecule has 0 aromatic carbocycles. The molecule has 1 aromatic rings.